The van der Waals surface area contributed by atoms with Crippen molar-refractivity contribution >= 4 is 23.5 Å². The van der Waals surface area contributed by atoms with Crippen LogP contribution < -0.4 is 10.1 Å². The lowest BCUT2D eigenvalue weighted by Crippen LogP contribution is -2.40. The van der Waals surface area contributed by atoms with Gasteiger partial charge in [-0.15, -0.1) is 0 Å². The van der Waals surface area contributed by atoms with E-state index in [0.717, 1.165) is 4.90 Å². The maximum Gasteiger partial charge on any atom is 0.387 e. The molecule has 1 aliphatic rings. The predicted octanol–water partition coefficient (Wildman–Crippen LogP) is 4.05. The number of hydrogen-bond donors (Lipinski definition) is 1. The fourth-order valence-electron chi connectivity index (χ4n) is 2.85. The third-order valence-electron chi connectivity index (χ3n) is 4.31. The zero-order valence-corrected chi connectivity index (χ0v) is 14.8. The van der Waals surface area contributed by atoms with E-state index in [1.54, 1.807) is 0 Å². The Hall–Kier alpha value is -2.74. The van der Waals surface area contributed by atoms with Crippen LogP contribution in [-0.4, -0.2) is 23.4 Å². The highest BCUT2D eigenvalue weighted by molar-refractivity contribution is 6.31. The van der Waals surface area contributed by atoms with Crippen molar-refractivity contribution in [3.8, 4) is 5.75 Å². The van der Waals surface area contributed by atoms with Crippen LogP contribution in [0.5, 0.6) is 5.75 Å². The van der Waals surface area contributed by atoms with E-state index in [0.29, 0.717) is 5.56 Å². The van der Waals surface area contributed by atoms with Crippen LogP contribution in [0.25, 0.3) is 0 Å². The Morgan fingerprint density at radius 1 is 1.19 bits per heavy atom. The second-order valence-corrected chi connectivity index (χ2v) is 6.46. The number of urea groups is 1. The minimum absolute atomic E-state index is 0.0209. The average molecular weight is 399 g/mol. The van der Waals surface area contributed by atoms with Crippen molar-refractivity contribution in [3.05, 3.63) is 64.4 Å². The SMILES string of the molecule is C[C@@]1(c2ccc(OC(F)F)cc2)NC(=O)N(Cc2c(F)cccc2Cl)C1=O. The van der Waals surface area contributed by atoms with Crippen molar-refractivity contribution < 1.29 is 27.5 Å². The van der Waals surface area contributed by atoms with Crippen molar-refractivity contribution in [2.45, 2.75) is 25.6 Å². The Labute approximate surface area is 157 Å². The largest absolute Gasteiger partial charge is 0.435 e. The quantitative estimate of drug-likeness (QED) is 0.773. The maximum absolute atomic E-state index is 14.0. The number of halogens is 4. The van der Waals surface area contributed by atoms with Crippen molar-refractivity contribution in [1.29, 1.82) is 0 Å². The summed E-state index contributed by atoms with van der Waals surface area (Å²) >= 11 is 5.97. The lowest BCUT2D eigenvalue weighted by Gasteiger charge is -2.22. The molecule has 2 aromatic carbocycles. The molecule has 3 rings (SSSR count). The summed E-state index contributed by atoms with van der Waals surface area (Å²) < 4.78 is 42.8. The molecule has 1 aliphatic heterocycles. The van der Waals surface area contributed by atoms with Crippen molar-refractivity contribution in [2.75, 3.05) is 0 Å². The second-order valence-electron chi connectivity index (χ2n) is 6.05. The van der Waals surface area contributed by atoms with Crippen molar-refractivity contribution in [2.24, 2.45) is 0 Å². The van der Waals surface area contributed by atoms with E-state index in [2.05, 4.69) is 10.1 Å². The van der Waals surface area contributed by atoms with Gasteiger partial charge in [-0.1, -0.05) is 29.8 Å². The average Bonchev–Trinajstić information content (AvgIpc) is 2.82. The molecule has 1 fully saturated rings. The summed E-state index contributed by atoms with van der Waals surface area (Å²) in [7, 11) is 0. The zero-order valence-electron chi connectivity index (χ0n) is 14.0. The minimum atomic E-state index is -2.97. The number of imide groups is 1. The van der Waals surface area contributed by atoms with Crippen LogP contribution in [0.3, 0.4) is 0 Å². The van der Waals surface area contributed by atoms with Crippen LogP contribution in [0.15, 0.2) is 42.5 Å². The van der Waals surface area contributed by atoms with Crippen LogP contribution in [-0.2, 0) is 16.9 Å². The monoisotopic (exact) mass is 398 g/mol. The summed E-state index contributed by atoms with van der Waals surface area (Å²) in [6.45, 7) is -1.84. The lowest BCUT2D eigenvalue weighted by atomic mass is 9.92. The van der Waals surface area contributed by atoms with Gasteiger partial charge in [0.1, 0.15) is 17.1 Å². The Morgan fingerprint density at radius 2 is 1.85 bits per heavy atom. The summed E-state index contributed by atoms with van der Waals surface area (Å²) in [5.41, 5.74) is -1.05. The highest BCUT2D eigenvalue weighted by Gasteiger charge is 2.49. The molecule has 0 spiro atoms. The second kappa shape index (κ2) is 7.11. The Kier molecular flexibility index (Phi) is 5.01. The first kappa shape index (κ1) is 19.0. The van der Waals surface area contributed by atoms with Crippen LogP contribution >= 0.6 is 11.6 Å². The van der Waals surface area contributed by atoms with Gasteiger partial charge in [0.2, 0.25) is 0 Å². The fourth-order valence-corrected chi connectivity index (χ4v) is 3.07. The van der Waals surface area contributed by atoms with E-state index in [1.165, 1.54) is 49.4 Å². The lowest BCUT2D eigenvalue weighted by molar-refractivity contribution is -0.131. The molecule has 0 radical (unpaired) electrons. The molecular weight excluding hydrogens is 385 g/mol. The van der Waals surface area contributed by atoms with Gasteiger partial charge in [-0.2, -0.15) is 8.78 Å². The first-order chi connectivity index (χ1) is 12.7. The van der Waals surface area contributed by atoms with Gasteiger partial charge in [0, 0.05) is 10.6 Å². The number of amides is 3. The fraction of sp³-hybridized carbons (Fsp3) is 0.222. The first-order valence-corrected chi connectivity index (χ1v) is 8.22. The van der Waals surface area contributed by atoms with Crippen molar-refractivity contribution in [3.63, 3.8) is 0 Å². The normalized spacial score (nSPS) is 19.6. The number of nitrogens with zero attached hydrogens (tertiary/aromatic N) is 1. The molecule has 0 aromatic heterocycles. The number of hydrogen-bond acceptors (Lipinski definition) is 3. The molecule has 3 amide bonds. The number of carbonyl (C=O) groups excluding carboxylic acids is 2. The van der Waals surface area contributed by atoms with Gasteiger partial charge < -0.3 is 10.1 Å². The van der Waals surface area contributed by atoms with Crippen LogP contribution in [0.4, 0.5) is 18.0 Å². The molecule has 5 nitrogen and oxygen atoms in total. The highest BCUT2D eigenvalue weighted by atomic mass is 35.5. The summed E-state index contributed by atoms with van der Waals surface area (Å²) in [5.74, 6) is -1.33. The van der Waals surface area contributed by atoms with Gasteiger partial charge in [-0.25, -0.2) is 9.18 Å². The minimum Gasteiger partial charge on any atom is -0.435 e. The molecule has 1 heterocycles. The van der Waals surface area contributed by atoms with Gasteiger partial charge in [-0.05, 0) is 36.8 Å². The molecule has 0 aliphatic carbocycles. The van der Waals surface area contributed by atoms with E-state index in [4.69, 9.17) is 11.6 Å². The predicted molar refractivity (Wildman–Crippen MR) is 90.9 cm³/mol. The number of alkyl halides is 2. The summed E-state index contributed by atoms with van der Waals surface area (Å²) in [4.78, 5) is 26.0. The first-order valence-electron chi connectivity index (χ1n) is 7.84. The molecule has 0 bridgehead atoms. The van der Waals surface area contributed by atoms with Crippen molar-refractivity contribution in [1.82, 2.24) is 10.2 Å². The third kappa shape index (κ3) is 3.57. The van der Waals surface area contributed by atoms with E-state index in [-0.39, 0.29) is 22.9 Å². The van der Waals surface area contributed by atoms with Gasteiger partial charge >= 0.3 is 12.6 Å². The number of carbonyl (C=O) groups is 2. The van der Waals surface area contributed by atoms with Crippen LogP contribution in [0.1, 0.15) is 18.1 Å². The smallest absolute Gasteiger partial charge is 0.387 e. The molecule has 1 atom stereocenters. The Bertz CT molecular complexity index is 872. The van der Waals surface area contributed by atoms with Gasteiger partial charge in [0.05, 0.1) is 6.54 Å². The number of ether oxygens (including phenoxy) is 1. The number of rotatable bonds is 5. The molecular formula is C18H14ClF3N2O3. The molecule has 9 heteroatoms. The Morgan fingerprint density at radius 3 is 2.44 bits per heavy atom. The van der Waals surface area contributed by atoms with E-state index >= 15 is 0 Å². The maximum atomic E-state index is 14.0. The molecule has 0 saturated carbocycles. The molecule has 2 aromatic rings. The molecule has 1 N–H and O–H groups in total. The van der Waals surface area contributed by atoms with Gasteiger partial charge in [-0.3, -0.25) is 9.69 Å². The summed E-state index contributed by atoms with van der Waals surface area (Å²) in [6, 6.07) is 8.67. The number of benzene rings is 2. The van der Waals surface area contributed by atoms with E-state index < -0.39 is 29.9 Å². The van der Waals surface area contributed by atoms with E-state index in [1.807, 2.05) is 0 Å². The molecule has 0 unspecified atom stereocenters. The van der Waals surface area contributed by atoms with Crippen LogP contribution in [0, 0.1) is 5.82 Å². The zero-order chi connectivity index (χ0) is 19.8. The summed E-state index contributed by atoms with van der Waals surface area (Å²) in [5, 5.41) is 2.64. The topological polar surface area (TPSA) is 58.6 Å². The highest BCUT2D eigenvalue weighted by Crippen LogP contribution is 2.32. The van der Waals surface area contributed by atoms with Gasteiger partial charge in [0.15, 0.2) is 0 Å². The van der Waals surface area contributed by atoms with E-state index in [9.17, 15) is 22.8 Å². The van der Waals surface area contributed by atoms with Gasteiger partial charge in [0.25, 0.3) is 5.91 Å². The Balaban J connectivity index is 1.86. The summed E-state index contributed by atoms with van der Waals surface area (Å²) in [6.07, 6.45) is 0. The third-order valence-corrected chi connectivity index (χ3v) is 4.66. The number of nitrogens with one attached hydrogen (secondary N) is 1. The van der Waals surface area contributed by atoms with Crippen LogP contribution in [0.2, 0.25) is 5.02 Å². The molecule has 142 valence electrons. The standard InChI is InChI=1S/C18H14ClF3N2O3/c1-18(10-5-7-11(8-6-10)27-16(21)22)15(25)24(17(26)23-18)9-12-13(19)3-2-4-14(12)20/h2-8,16H,9H2,1H3,(H,23,26)/t18-/m0/s1. The molecule has 1 saturated heterocycles. The molecule has 27 heavy (non-hydrogen) atoms.